The van der Waals surface area contributed by atoms with Crippen molar-refractivity contribution < 1.29 is 29.0 Å². The summed E-state index contributed by atoms with van der Waals surface area (Å²) >= 11 is 0. The van der Waals surface area contributed by atoms with Crippen LogP contribution in [0, 0.1) is 0 Å². The van der Waals surface area contributed by atoms with Crippen molar-refractivity contribution in [3.8, 4) is 5.75 Å². The van der Waals surface area contributed by atoms with Gasteiger partial charge in [-0.15, -0.1) is 0 Å². The SMILES string of the molecule is CC(C)(C)OC(=O)N1CCCCCCCN(C(=O)COc2ccccc2)c2ccc(C(=O)O)cc2C1. The van der Waals surface area contributed by atoms with E-state index < -0.39 is 17.7 Å². The van der Waals surface area contributed by atoms with Crippen molar-refractivity contribution in [2.45, 2.75) is 65.0 Å². The molecule has 0 saturated carbocycles. The number of carbonyl (C=O) groups excluding carboxylic acids is 2. The van der Waals surface area contributed by atoms with Crippen LogP contribution in [0.3, 0.4) is 0 Å². The molecule has 3 rings (SSSR count). The molecule has 8 nitrogen and oxygen atoms in total. The Kier molecular flexibility index (Phi) is 9.33. The van der Waals surface area contributed by atoms with E-state index in [0.29, 0.717) is 30.1 Å². The number of rotatable bonds is 4. The molecule has 1 N–H and O–H groups in total. The minimum atomic E-state index is -1.07. The van der Waals surface area contributed by atoms with Crippen LogP contribution in [0.2, 0.25) is 0 Å². The molecule has 0 bridgehead atoms. The van der Waals surface area contributed by atoms with Crippen molar-refractivity contribution in [1.82, 2.24) is 4.90 Å². The van der Waals surface area contributed by atoms with Crippen molar-refractivity contribution in [3.63, 3.8) is 0 Å². The number of benzene rings is 2. The maximum absolute atomic E-state index is 13.4. The maximum Gasteiger partial charge on any atom is 0.410 e. The predicted molar refractivity (Wildman–Crippen MR) is 137 cm³/mol. The predicted octanol–water partition coefficient (Wildman–Crippen LogP) is 5.50. The number of amides is 2. The monoisotopic (exact) mass is 496 g/mol. The van der Waals surface area contributed by atoms with Gasteiger partial charge in [-0.05, 0) is 69.5 Å². The van der Waals surface area contributed by atoms with E-state index in [0.717, 1.165) is 32.1 Å². The zero-order valence-electron chi connectivity index (χ0n) is 21.4. The number of carboxylic acids is 1. The van der Waals surface area contributed by atoms with Crippen LogP contribution < -0.4 is 9.64 Å². The molecule has 2 aromatic rings. The van der Waals surface area contributed by atoms with Crippen molar-refractivity contribution in [2.75, 3.05) is 24.6 Å². The first kappa shape index (κ1) is 27.0. The van der Waals surface area contributed by atoms with Crippen LogP contribution in [-0.2, 0) is 16.1 Å². The Morgan fingerprint density at radius 3 is 2.25 bits per heavy atom. The highest BCUT2D eigenvalue weighted by atomic mass is 16.6. The number of carbonyl (C=O) groups is 3. The van der Waals surface area contributed by atoms with E-state index >= 15 is 0 Å². The Hall–Kier alpha value is -3.55. The average Bonchev–Trinajstić information content (AvgIpc) is 2.82. The van der Waals surface area contributed by atoms with Gasteiger partial charge in [0.2, 0.25) is 0 Å². The summed E-state index contributed by atoms with van der Waals surface area (Å²) in [5, 5.41) is 9.60. The van der Waals surface area contributed by atoms with Gasteiger partial charge in [-0.25, -0.2) is 9.59 Å². The summed E-state index contributed by atoms with van der Waals surface area (Å²) in [6.45, 7) is 6.37. The van der Waals surface area contributed by atoms with E-state index in [2.05, 4.69) is 0 Å². The molecule has 1 heterocycles. The summed E-state index contributed by atoms with van der Waals surface area (Å²) in [6.07, 6.45) is 4.06. The van der Waals surface area contributed by atoms with Gasteiger partial charge in [0.05, 0.1) is 12.1 Å². The third-order valence-electron chi connectivity index (χ3n) is 5.85. The Morgan fingerprint density at radius 1 is 0.917 bits per heavy atom. The highest BCUT2D eigenvalue weighted by molar-refractivity contribution is 5.96. The summed E-state index contributed by atoms with van der Waals surface area (Å²) in [4.78, 5) is 41.4. The fraction of sp³-hybridized carbons (Fsp3) is 0.464. The number of hydrogen-bond donors (Lipinski definition) is 1. The van der Waals surface area contributed by atoms with Crippen LogP contribution in [0.15, 0.2) is 48.5 Å². The molecule has 0 aliphatic carbocycles. The van der Waals surface area contributed by atoms with Crippen molar-refractivity contribution >= 4 is 23.7 Å². The van der Waals surface area contributed by atoms with Gasteiger partial charge in [0.1, 0.15) is 11.4 Å². The zero-order valence-corrected chi connectivity index (χ0v) is 21.4. The third kappa shape index (κ3) is 8.00. The van der Waals surface area contributed by atoms with E-state index in [1.807, 2.05) is 39.0 Å². The summed E-state index contributed by atoms with van der Waals surface area (Å²) < 4.78 is 11.3. The number of fused-ring (bicyclic) bond motifs is 1. The summed E-state index contributed by atoms with van der Waals surface area (Å²) in [6, 6.07) is 13.8. The van der Waals surface area contributed by atoms with Gasteiger partial charge >= 0.3 is 12.1 Å². The van der Waals surface area contributed by atoms with Crippen molar-refractivity contribution in [1.29, 1.82) is 0 Å². The van der Waals surface area contributed by atoms with Gasteiger partial charge in [0, 0.05) is 18.8 Å². The van der Waals surface area contributed by atoms with Gasteiger partial charge in [0.25, 0.3) is 5.91 Å². The quantitative estimate of drug-likeness (QED) is 0.601. The first-order valence-corrected chi connectivity index (χ1v) is 12.5. The number of aromatic carboxylic acids is 1. The standard InChI is InChI=1S/C28H36N2O6/c1-28(2,3)36-27(34)29-16-10-5-4-6-11-17-30(25(31)20-35-23-12-8-7-9-13-23)24-15-14-21(26(32)33)18-22(24)19-29/h7-9,12-15,18H,4-6,10-11,16-17,19-20H2,1-3H3,(H,32,33). The largest absolute Gasteiger partial charge is 0.484 e. The number of anilines is 1. The summed E-state index contributed by atoms with van der Waals surface area (Å²) in [7, 11) is 0. The Balaban J connectivity index is 1.95. The highest BCUT2D eigenvalue weighted by Gasteiger charge is 2.26. The lowest BCUT2D eigenvalue weighted by Crippen LogP contribution is -2.39. The van der Waals surface area contributed by atoms with Crippen LogP contribution in [0.5, 0.6) is 5.75 Å². The molecule has 8 heteroatoms. The molecule has 0 fully saturated rings. The second-order valence-corrected chi connectivity index (χ2v) is 9.97. The number of nitrogens with zero attached hydrogens (tertiary/aromatic N) is 2. The smallest absolute Gasteiger partial charge is 0.410 e. The lowest BCUT2D eigenvalue weighted by molar-refractivity contribution is -0.120. The number of para-hydroxylation sites is 1. The maximum atomic E-state index is 13.4. The average molecular weight is 497 g/mol. The lowest BCUT2D eigenvalue weighted by Gasteiger charge is -2.31. The fourth-order valence-electron chi connectivity index (χ4n) is 4.10. The topological polar surface area (TPSA) is 96.4 Å². The Labute approximate surface area is 212 Å². The van der Waals surface area contributed by atoms with Crippen molar-refractivity contribution in [2.24, 2.45) is 0 Å². The van der Waals surface area contributed by atoms with Gasteiger partial charge < -0.3 is 24.4 Å². The molecule has 194 valence electrons. The minimum Gasteiger partial charge on any atom is -0.484 e. The van der Waals surface area contributed by atoms with E-state index in [1.165, 1.54) is 6.07 Å². The Bertz CT molecular complexity index is 1050. The molecule has 0 atom stereocenters. The minimum absolute atomic E-state index is 0.0953. The van der Waals surface area contributed by atoms with E-state index in [1.54, 1.807) is 34.1 Å². The lowest BCUT2D eigenvalue weighted by atomic mass is 10.0. The molecule has 1 aliphatic heterocycles. The first-order valence-electron chi connectivity index (χ1n) is 12.5. The molecule has 0 saturated heterocycles. The molecular weight excluding hydrogens is 460 g/mol. The van der Waals surface area contributed by atoms with Gasteiger partial charge in [-0.2, -0.15) is 0 Å². The van der Waals surface area contributed by atoms with E-state index in [9.17, 15) is 19.5 Å². The molecule has 0 aromatic heterocycles. The summed E-state index contributed by atoms with van der Waals surface area (Å²) in [5.41, 5.74) is 0.589. The van der Waals surface area contributed by atoms with Crippen LogP contribution in [0.4, 0.5) is 10.5 Å². The van der Waals surface area contributed by atoms with Crippen molar-refractivity contribution in [3.05, 3.63) is 59.7 Å². The molecule has 2 aromatic carbocycles. The molecule has 36 heavy (non-hydrogen) atoms. The number of carboxylic acid groups (broad SMARTS) is 1. The highest BCUT2D eigenvalue weighted by Crippen LogP contribution is 2.27. The molecule has 0 spiro atoms. The zero-order chi connectivity index (χ0) is 26.1. The molecule has 0 radical (unpaired) electrons. The van der Waals surface area contributed by atoms with E-state index in [4.69, 9.17) is 9.47 Å². The first-order chi connectivity index (χ1) is 17.1. The number of hydrogen-bond acceptors (Lipinski definition) is 5. The second-order valence-electron chi connectivity index (χ2n) is 9.97. The van der Waals surface area contributed by atoms with Gasteiger partial charge in [0.15, 0.2) is 6.61 Å². The molecule has 0 unspecified atom stereocenters. The van der Waals surface area contributed by atoms with Crippen LogP contribution >= 0.6 is 0 Å². The molecular formula is C28H36N2O6. The van der Waals surface area contributed by atoms with Crippen LogP contribution in [0.1, 0.15) is 68.8 Å². The second kappa shape index (κ2) is 12.4. The van der Waals surface area contributed by atoms with Gasteiger partial charge in [-0.3, -0.25) is 4.79 Å². The number of ether oxygens (including phenoxy) is 2. The van der Waals surface area contributed by atoms with Crippen LogP contribution in [-0.4, -0.2) is 53.3 Å². The molecule has 1 aliphatic rings. The van der Waals surface area contributed by atoms with Crippen LogP contribution in [0.25, 0.3) is 0 Å². The Morgan fingerprint density at radius 2 is 1.58 bits per heavy atom. The third-order valence-corrected chi connectivity index (χ3v) is 5.85. The summed E-state index contributed by atoms with van der Waals surface area (Å²) in [5.74, 6) is -0.708. The molecule has 2 amide bonds. The van der Waals surface area contributed by atoms with E-state index in [-0.39, 0.29) is 24.6 Å². The normalized spacial score (nSPS) is 15.2. The van der Waals surface area contributed by atoms with Gasteiger partial charge in [-0.1, -0.05) is 37.5 Å². The fourth-order valence-corrected chi connectivity index (χ4v) is 4.10.